The Hall–Kier alpha value is -3.15. The van der Waals surface area contributed by atoms with Crippen LogP contribution in [-0.4, -0.2) is 13.8 Å². The first kappa shape index (κ1) is 19.8. The van der Waals surface area contributed by atoms with Crippen LogP contribution in [-0.2, 0) is 6.54 Å². The van der Waals surface area contributed by atoms with Gasteiger partial charge in [-0.3, -0.25) is 0 Å². The van der Waals surface area contributed by atoms with Gasteiger partial charge in [-0.25, -0.2) is 4.79 Å². The van der Waals surface area contributed by atoms with E-state index in [-0.39, 0.29) is 6.73 Å². The molecule has 4 aromatic rings. The molecule has 0 radical (unpaired) electrons. The smallest absolute Gasteiger partial charge is 0.336 e. The van der Waals surface area contributed by atoms with E-state index in [1.54, 1.807) is 19.2 Å². The number of halogens is 2. The molecule has 0 N–H and O–H groups in total. The first-order valence-electron chi connectivity index (χ1n) is 9.61. The molecule has 0 unspecified atom stereocenters. The number of rotatable bonds is 3. The van der Waals surface area contributed by atoms with Gasteiger partial charge in [-0.2, -0.15) is 0 Å². The van der Waals surface area contributed by atoms with Crippen molar-refractivity contribution in [1.29, 1.82) is 0 Å². The molecular weight excluding hydrogens is 437 g/mol. The van der Waals surface area contributed by atoms with E-state index in [9.17, 15) is 4.79 Å². The third kappa shape index (κ3) is 3.50. The number of benzene rings is 3. The average molecular weight is 454 g/mol. The van der Waals surface area contributed by atoms with Gasteiger partial charge in [-0.1, -0.05) is 53.5 Å². The fourth-order valence-corrected chi connectivity index (χ4v) is 4.39. The normalized spacial score (nSPS) is 13.1. The minimum atomic E-state index is -0.430. The van der Waals surface area contributed by atoms with E-state index in [2.05, 4.69) is 0 Å². The molecule has 0 saturated carbocycles. The van der Waals surface area contributed by atoms with Crippen LogP contribution in [0.4, 0.5) is 5.69 Å². The standard InChI is InChI=1S/C24H17Cl2NO4/c1-29-21-8-7-15(9-19(21)25)27-12-18-23-17(10-20(26)24(18)30-13-27)16(11-22(28)31-23)14-5-3-2-4-6-14/h2-11H,12-13H2,1H3. The van der Waals surface area contributed by atoms with E-state index in [1.165, 1.54) is 6.07 Å². The number of hydrogen-bond donors (Lipinski definition) is 0. The van der Waals surface area contributed by atoms with Gasteiger partial charge in [0.2, 0.25) is 0 Å². The van der Waals surface area contributed by atoms with E-state index >= 15 is 0 Å². The second-order valence-corrected chi connectivity index (χ2v) is 7.99. The first-order valence-corrected chi connectivity index (χ1v) is 10.4. The summed E-state index contributed by atoms with van der Waals surface area (Å²) < 4.78 is 16.9. The maximum atomic E-state index is 12.4. The lowest BCUT2D eigenvalue weighted by molar-refractivity contribution is 0.289. The van der Waals surface area contributed by atoms with Crippen molar-refractivity contribution in [2.24, 2.45) is 0 Å². The topological polar surface area (TPSA) is 51.9 Å². The zero-order valence-corrected chi connectivity index (χ0v) is 18.0. The summed E-state index contributed by atoms with van der Waals surface area (Å²) in [4.78, 5) is 14.4. The van der Waals surface area contributed by atoms with Crippen LogP contribution in [0.15, 0.2) is 69.9 Å². The summed E-state index contributed by atoms with van der Waals surface area (Å²) in [7, 11) is 1.57. The predicted octanol–water partition coefficient (Wildman–Crippen LogP) is 6.13. The third-order valence-corrected chi connectivity index (χ3v) is 5.91. The van der Waals surface area contributed by atoms with E-state index in [0.717, 1.165) is 27.8 Å². The molecule has 0 fully saturated rings. The van der Waals surface area contributed by atoms with Gasteiger partial charge in [-0.05, 0) is 35.4 Å². The van der Waals surface area contributed by atoms with Gasteiger partial charge >= 0.3 is 5.63 Å². The van der Waals surface area contributed by atoms with Crippen molar-refractivity contribution >= 4 is 39.9 Å². The number of fused-ring (bicyclic) bond motifs is 3. The van der Waals surface area contributed by atoms with Crippen LogP contribution in [0.25, 0.3) is 22.1 Å². The maximum Gasteiger partial charge on any atom is 0.336 e. The molecular formula is C24H17Cl2NO4. The highest BCUT2D eigenvalue weighted by Gasteiger charge is 2.26. The molecule has 1 aromatic heterocycles. The van der Waals surface area contributed by atoms with Gasteiger partial charge in [0.25, 0.3) is 0 Å². The van der Waals surface area contributed by atoms with Crippen LogP contribution in [0.1, 0.15) is 5.56 Å². The van der Waals surface area contributed by atoms with Crippen LogP contribution >= 0.6 is 23.2 Å². The van der Waals surface area contributed by atoms with Crippen LogP contribution in [0.5, 0.6) is 11.5 Å². The molecule has 0 amide bonds. The van der Waals surface area contributed by atoms with Crippen LogP contribution in [0.3, 0.4) is 0 Å². The lowest BCUT2D eigenvalue weighted by Crippen LogP contribution is -2.32. The Morgan fingerprint density at radius 1 is 1.00 bits per heavy atom. The summed E-state index contributed by atoms with van der Waals surface area (Å²) in [5.41, 5.74) is 3.28. The van der Waals surface area contributed by atoms with Crippen molar-refractivity contribution in [2.45, 2.75) is 6.54 Å². The zero-order chi connectivity index (χ0) is 21.5. The van der Waals surface area contributed by atoms with Crippen molar-refractivity contribution in [3.8, 4) is 22.6 Å². The molecule has 156 valence electrons. The molecule has 2 heterocycles. The Kier molecular flexibility index (Phi) is 5.00. The number of hydrogen-bond acceptors (Lipinski definition) is 5. The molecule has 5 rings (SSSR count). The molecule has 31 heavy (non-hydrogen) atoms. The Bertz CT molecular complexity index is 1350. The van der Waals surface area contributed by atoms with E-state index < -0.39 is 5.63 Å². The number of anilines is 1. The largest absolute Gasteiger partial charge is 0.495 e. The second kappa shape index (κ2) is 7.84. The summed E-state index contributed by atoms with van der Waals surface area (Å²) in [6.45, 7) is 0.722. The van der Waals surface area contributed by atoms with Crippen molar-refractivity contribution in [2.75, 3.05) is 18.7 Å². The number of ether oxygens (including phenoxy) is 2. The van der Waals surface area contributed by atoms with E-state index in [0.29, 0.717) is 33.7 Å². The molecule has 0 spiro atoms. The molecule has 0 aliphatic carbocycles. The highest BCUT2D eigenvalue weighted by atomic mass is 35.5. The maximum absolute atomic E-state index is 12.4. The first-order chi connectivity index (χ1) is 15.0. The molecule has 1 aliphatic rings. The van der Waals surface area contributed by atoms with E-state index in [4.69, 9.17) is 37.1 Å². The van der Waals surface area contributed by atoms with Crippen LogP contribution < -0.4 is 20.0 Å². The molecule has 1 aliphatic heterocycles. The number of methoxy groups -OCH3 is 1. The summed E-state index contributed by atoms with van der Waals surface area (Å²) in [5, 5.41) is 1.73. The van der Waals surface area contributed by atoms with Crippen molar-refractivity contribution in [3.05, 3.63) is 86.7 Å². The summed E-state index contributed by atoms with van der Waals surface area (Å²) in [6, 6.07) is 18.5. The monoisotopic (exact) mass is 453 g/mol. The SMILES string of the molecule is COc1ccc(N2COc3c(Cl)cc4c(-c5ccccc5)cc(=O)oc4c3C2)cc1Cl. The summed E-state index contributed by atoms with van der Waals surface area (Å²) in [5.74, 6) is 1.12. The van der Waals surface area contributed by atoms with Gasteiger partial charge in [0.15, 0.2) is 6.73 Å². The molecule has 0 atom stereocenters. The van der Waals surface area contributed by atoms with Gasteiger partial charge < -0.3 is 18.8 Å². The minimum Gasteiger partial charge on any atom is -0.495 e. The Morgan fingerprint density at radius 3 is 2.55 bits per heavy atom. The van der Waals surface area contributed by atoms with E-state index in [1.807, 2.05) is 47.4 Å². The molecule has 0 bridgehead atoms. The highest BCUT2D eigenvalue weighted by molar-refractivity contribution is 6.33. The Labute approximate surface area is 188 Å². The fourth-order valence-electron chi connectivity index (χ4n) is 3.86. The van der Waals surface area contributed by atoms with Gasteiger partial charge in [0.1, 0.15) is 17.1 Å². The average Bonchev–Trinajstić information content (AvgIpc) is 2.79. The third-order valence-electron chi connectivity index (χ3n) is 5.33. The Morgan fingerprint density at radius 2 is 1.81 bits per heavy atom. The quantitative estimate of drug-likeness (QED) is 0.349. The van der Waals surface area contributed by atoms with Gasteiger partial charge in [-0.15, -0.1) is 0 Å². The van der Waals surface area contributed by atoms with Gasteiger partial charge in [0, 0.05) is 17.1 Å². The van der Waals surface area contributed by atoms with Gasteiger partial charge in [0.05, 0.1) is 29.3 Å². The molecule has 5 nitrogen and oxygen atoms in total. The Balaban J connectivity index is 1.66. The molecule has 3 aromatic carbocycles. The van der Waals surface area contributed by atoms with Crippen molar-refractivity contribution in [3.63, 3.8) is 0 Å². The minimum absolute atomic E-state index is 0.281. The summed E-state index contributed by atoms with van der Waals surface area (Å²) in [6.07, 6.45) is 0. The van der Waals surface area contributed by atoms with Crippen LogP contribution in [0, 0.1) is 0 Å². The molecule has 0 saturated heterocycles. The van der Waals surface area contributed by atoms with Crippen LogP contribution in [0.2, 0.25) is 10.0 Å². The predicted molar refractivity (Wildman–Crippen MR) is 123 cm³/mol. The lowest BCUT2D eigenvalue weighted by atomic mass is 9.99. The lowest BCUT2D eigenvalue weighted by Gasteiger charge is -2.32. The molecule has 7 heteroatoms. The summed E-state index contributed by atoms with van der Waals surface area (Å²) >= 11 is 12.9. The van der Waals surface area contributed by atoms with Crippen molar-refractivity contribution in [1.82, 2.24) is 0 Å². The highest BCUT2D eigenvalue weighted by Crippen LogP contribution is 2.42. The fraction of sp³-hybridized carbons (Fsp3) is 0.125. The second-order valence-electron chi connectivity index (χ2n) is 7.18. The van der Waals surface area contributed by atoms with Crippen molar-refractivity contribution < 1.29 is 13.9 Å². The number of nitrogens with zero attached hydrogens (tertiary/aromatic N) is 1. The zero-order valence-electron chi connectivity index (χ0n) is 16.5.